The topological polar surface area (TPSA) is 65.5 Å². The minimum absolute atomic E-state index is 0.00856. The summed E-state index contributed by atoms with van der Waals surface area (Å²) in [4.78, 5) is 32.5. The summed E-state index contributed by atoms with van der Waals surface area (Å²) in [5, 5.41) is 3.79. The summed E-state index contributed by atoms with van der Waals surface area (Å²) in [7, 11) is 1.81. The molecule has 21 heavy (non-hydrogen) atoms. The van der Waals surface area contributed by atoms with Gasteiger partial charge in [-0.2, -0.15) is 0 Å². The van der Waals surface area contributed by atoms with Crippen LogP contribution < -0.4 is 5.32 Å². The van der Waals surface area contributed by atoms with Crippen molar-refractivity contribution in [2.45, 2.75) is 32.2 Å². The first kappa shape index (κ1) is 14.3. The number of anilines is 1. The van der Waals surface area contributed by atoms with Gasteiger partial charge in [0, 0.05) is 20.1 Å². The average molecular weight is 308 g/mol. The first-order valence-electron chi connectivity index (χ1n) is 7.36. The van der Waals surface area contributed by atoms with E-state index in [2.05, 4.69) is 10.3 Å². The van der Waals surface area contributed by atoms with Gasteiger partial charge in [-0.05, 0) is 19.3 Å². The molecule has 0 aromatic carbocycles. The van der Waals surface area contributed by atoms with Crippen molar-refractivity contribution >= 4 is 28.3 Å². The maximum atomic E-state index is 12.6. The Balaban J connectivity index is 1.74. The molecule has 114 valence electrons. The van der Waals surface area contributed by atoms with E-state index in [4.69, 9.17) is 0 Å². The molecule has 0 bridgehead atoms. The molecule has 3 rings (SSSR count). The van der Waals surface area contributed by atoms with Gasteiger partial charge in [0.2, 0.25) is 5.91 Å². The number of likely N-dealkylation sites (tertiary alicyclic amines) is 2. The number of likely N-dealkylation sites (N-methyl/N-ethyl adjacent to an activating group) is 1. The van der Waals surface area contributed by atoms with Crippen LogP contribution in [-0.2, 0) is 11.2 Å². The summed E-state index contributed by atoms with van der Waals surface area (Å²) in [6.45, 7) is 3.38. The third kappa shape index (κ3) is 2.50. The van der Waals surface area contributed by atoms with Crippen molar-refractivity contribution in [2.24, 2.45) is 5.92 Å². The Morgan fingerprint density at radius 2 is 2.38 bits per heavy atom. The molecule has 0 radical (unpaired) electrons. The molecule has 1 aromatic heterocycles. The van der Waals surface area contributed by atoms with E-state index < -0.39 is 0 Å². The monoisotopic (exact) mass is 308 g/mol. The number of amides is 3. The Hall–Kier alpha value is -1.63. The lowest BCUT2D eigenvalue weighted by Crippen LogP contribution is -2.50. The highest BCUT2D eigenvalue weighted by atomic mass is 32.1. The zero-order chi connectivity index (χ0) is 15.0. The molecule has 0 aliphatic carbocycles. The van der Waals surface area contributed by atoms with Gasteiger partial charge in [-0.1, -0.05) is 6.92 Å². The van der Waals surface area contributed by atoms with Crippen LogP contribution in [0.1, 0.15) is 25.5 Å². The molecule has 1 N–H and O–H groups in total. The summed E-state index contributed by atoms with van der Waals surface area (Å²) in [5.74, 6) is 0.145. The predicted molar refractivity (Wildman–Crippen MR) is 81.4 cm³/mol. The van der Waals surface area contributed by atoms with Gasteiger partial charge in [0.15, 0.2) is 0 Å². The maximum Gasteiger partial charge on any atom is 0.322 e. The van der Waals surface area contributed by atoms with Crippen LogP contribution in [0.25, 0.3) is 0 Å². The Morgan fingerprint density at radius 1 is 1.57 bits per heavy atom. The summed E-state index contributed by atoms with van der Waals surface area (Å²) < 4.78 is 0. The smallest absolute Gasteiger partial charge is 0.322 e. The SMILES string of the molecule is CCc1ncsc1NC(=O)N1CCC[C@H]2C(=O)N(C)C[C@H]21. The van der Waals surface area contributed by atoms with Crippen LogP contribution in [0.4, 0.5) is 9.80 Å². The van der Waals surface area contributed by atoms with Crippen LogP contribution in [0.2, 0.25) is 0 Å². The van der Waals surface area contributed by atoms with Crippen LogP contribution in [0.3, 0.4) is 0 Å². The minimum Gasteiger partial charge on any atom is -0.343 e. The van der Waals surface area contributed by atoms with Crippen LogP contribution in [-0.4, -0.2) is 52.9 Å². The first-order valence-corrected chi connectivity index (χ1v) is 8.24. The van der Waals surface area contributed by atoms with Gasteiger partial charge in [-0.3, -0.25) is 10.1 Å². The molecule has 1 aromatic rings. The largest absolute Gasteiger partial charge is 0.343 e. The van der Waals surface area contributed by atoms with E-state index in [0.29, 0.717) is 13.1 Å². The van der Waals surface area contributed by atoms with Crippen LogP contribution in [0.15, 0.2) is 5.51 Å². The molecule has 0 saturated carbocycles. The Labute approximate surface area is 128 Å². The van der Waals surface area contributed by atoms with Gasteiger partial charge in [-0.25, -0.2) is 9.78 Å². The van der Waals surface area contributed by atoms with E-state index >= 15 is 0 Å². The van der Waals surface area contributed by atoms with E-state index in [1.54, 1.807) is 10.4 Å². The number of carbonyl (C=O) groups is 2. The molecule has 3 amide bonds. The number of nitrogens with zero attached hydrogens (tertiary/aromatic N) is 3. The molecule has 0 unspecified atom stereocenters. The van der Waals surface area contributed by atoms with Crippen molar-refractivity contribution in [3.63, 3.8) is 0 Å². The third-order valence-electron chi connectivity index (χ3n) is 4.39. The number of piperidine rings is 1. The standard InChI is InChI=1S/C14H20N4O2S/c1-3-10-12(21-8-15-10)16-14(20)18-6-4-5-9-11(18)7-17(2)13(9)19/h8-9,11H,3-7H2,1-2H3,(H,16,20)/t9-,11-/m1/s1. The lowest BCUT2D eigenvalue weighted by molar-refractivity contribution is -0.130. The van der Waals surface area contributed by atoms with E-state index in [1.165, 1.54) is 11.3 Å². The van der Waals surface area contributed by atoms with Crippen molar-refractivity contribution in [3.05, 3.63) is 11.2 Å². The quantitative estimate of drug-likeness (QED) is 0.906. The lowest BCUT2D eigenvalue weighted by atomic mass is 9.92. The van der Waals surface area contributed by atoms with Gasteiger partial charge in [0.1, 0.15) is 5.00 Å². The second kappa shape index (κ2) is 5.63. The molecular weight excluding hydrogens is 288 g/mol. The van der Waals surface area contributed by atoms with Crippen molar-refractivity contribution in [1.82, 2.24) is 14.8 Å². The fourth-order valence-corrected chi connectivity index (χ4v) is 4.03. The molecular formula is C14H20N4O2S. The number of fused-ring (bicyclic) bond motifs is 1. The highest BCUT2D eigenvalue weighted by Gasteiger charge is 2.45. The number of aromatic nitrogens is 1. The van der Waals surface area contributed by atoms with Gasteiger partial charge in [-0.15, -0.1) is 11.3 Å². The number of hydrogen-bond donors (Lipinski definition) is 1. The van der Waals surface area contributed by atoms with E-state index in [0.717, 1.165) is 30.0 Å². The van der Waals surface area contributed by atoms with Gasteiger partial charge < -0.3 is 9.80 Å². The number of urea groups is 1. The molecule has 0 spiro atoms. The average Bonchev–Trinajstić information content (AvgIpc) is 3.04. The molecule has 2 atom stereocenters. The van der Waals surface area contributed by atoms with Crippen LogP contribution >= 0.6 is 11.3 Å². The molecule has 2 saturated heterocycles. The van der Waals surface area contributed by atoms with Gasteiger partial charge >= 0.3 is 6.03 Å². The van der Waals surface area contributed by atoms with Gasteiger partial charge in [0.05, 0.1) is 23.2 Å². The molecule has 2 fully saturated rings. The Morgan fingerprint density at radius 3 is 3.14 bits per heavy atom. The lowest BCUT2D eigenvalue weighted by Gasteiger charge is -2.35. The highest BCUT2D eigenvalue weighted by molar-refractivity contribution is 7.14. The number of carbonyl (C=O) groups excluding carboxylic acids is 2. The van der Waals surface area contributed by atoms with Crippen molar-refractivity contribution in [2.75, 3.05) is 25.5 Å². The van der Waals surface area contributed by atoms with E-state index in [-0.39, 0.29) is 23.9 Å². The van der Waals surface area contributed by atoms with Crippen molar-refractivity contribution in [3.8, 4) is 0 Å². The zero-order valence-electron chi connectivity index (χ0n) is 12.3. The van der Waals surface area contributed by atoms with E-state index in [9.17, 15) is 9.59 Å². The molecule has 2 aliphatic rings. The highest BCUT2D eigenvalue weighted by Crippen LogP contribution is 2.32. The number of rotatable bonds is 2. The van der Waals surface area contributed by atoms with Crippen LogP contribution in [0, 0.1) is 5.92 Å². The number of nitrogens with one attached hydrogen (secondary N) is 1. The van der Waals surface area contributed by atoms with Crippen molar-refractivity contribution < 1.29 is 9.59 Å². The number of thiazole rings is 1. The molecule has 3 heterocycles. The summed E-state index contributed by atoms with van der Waals surface area (Å²) >= 11 is 1.45. The minimum atomic E-state index is -0.105. The van der Waals surface area contributed by atoms with E-state index in [1.807, 2.05) is 18.9 Å². The van der Waals surface area contributed by atoms with Crippen molar-refractivity contribution in [1.29, 1.82) is 0 Å². The van der Waals surface area contributed by atoms with Gasteiger partial charge in [0.25, 0.3) is 0 Å². The summed E-state index contributed by atoms with van der Waals surface area (Å²) in [5.41, 5.74) is 2.67. The normalized spacial score (nSPS) is 25.1. The maximum absolute atomic E-state index is 12.6. The third-order valence-corrected chi connectivity index (χ3v) is 5.17. The second-order valence-electron chi connectivity index (χ2n) is 5.64. The molecule has 6 nitrogen and oxygen atoms in total. The summed E-state index contributed by atoms with van der Waals surface area (Å²) in [6, 6.07) is -0.0963. The first-order chi connectivity index (χ1) is 10.1. The number of aryl methyl sites for hydroxylation is 1. The predicted octanol–water partition coefficient (Wildman–Crippen LogP) is 1.79. The molecule has 2 aliphatic heterocycles. The zero-order valence-corrected chi connectivity index (χ0v) is 13.2. The summed E-state index contributed by atoms with van der Waals surface area (Å²) in [6.07, 6.45) is 2.57. The second-order valence-corrected chi connectivity index (χ2v) is 6.49. The molecule has 7 heteroatoms. The fraction of sp³-hybridized carbons (Fsp3) is 0.643. The number of hydrogen-bond acceptors (Lipinski definition) is 4. The van der Waals surface area contributed by atoms with Crippen LogP contribution in [0.5, 0.6) is 0 Å². The Bertz CT molecular complexity index is 559. The fourth-order valence-electron chi connectivity index (χ4n) is 3.27. The Kier molecular flexibility index (Phi) is 3.84.